The molecule has 1 aromatic carbocycles. The molecule has 17 heavy (non-hydrogen) atoms. The van der Waals surface area contributed by atoms with E-state index < -0.39 is 0 Å². The number of rotatable bonds is 1. The minimum absolute atomic E-state index is 0.136. The van der Waals surface area contributed by atoms with Crippen LogP contribution in [-0.4, -0.2) is 48.9 Å². The third-order valence-electron chi connectivity index (χ3n) is 2.90. The summed E-state index contributed by atoms with van der Waals surface area (Å²) in [6.45, 7) is 3.55. The molecule has 5 heteroatoms. The van der Waals surface area contributed by atoms with Gasteiger partial charge in [-0.15, -0.1) is 0 Å². The first kappa shape index (κ1) is 13.3. The number of hydrogen-bond acceptors (Lipinski definition) is 2. The topological polar surface area (TPSA) is 23.6 Å². The molecule has 1 aromatic rings. The highest BCUT2D eigenvalue weighted by atomic mass is 127. The summed E-state index contributed by atoms with van der Waals surface area (Å²) in [6, 6.07) is 5.83. The van der Waals surface area contributed by atoms with E-state index in [1.165, 1.54) is 0 Å². The zero-order valence-electron chi connectivity index (χ0n) is 9.62. The fourth-order valence-electron chi connectivity index (χ4n) is 1.87. The highest BCUT2D eigenvalue weighted by molar-refractivity contribution is 14.1. The van der Waals surface area contributed by atoms with Gasteiger partial charge >= 0.3 is 0 Å². The number of amides is 1. The normalized spacial score (nSPS) is 17.2. The van der Waals surface area contributed by atoms with E-state index in [4.69, 9.17) is 0 Å². The van der Waals surface area contributed by atoms with Gasteiger partial charge in [0.15, 0.2) is 0 Å². The van der Waals surface area contributed by atoms with Crippen LogP contribution in [0, 0.1) is 3.57 Å². The Morgan fingerprint density at radius 3 is 2.47 bits per heavy atom. The van der Waals surface area contributed by atoms with E-state index in [2.05, 4.69) is 50.5 Å². The molecule has 1 heterocycles. The van der Waals surface area contributed by atoms with Gasteiger partial charge in [0.05, 0.1) is 0 Å². The van der Waals surface area contributed by atoms with Crippen LogP contribution in [0.15, 0.2) is 22.7 Å². The van der Waals surface area contributed by atoms with Gasteiger partial charge in [0.1, 0.15) is 0 Å². The molecule has 0 N–H and O–H groups in total. The predicted molar refractivity (Wildman–Crippen MR) is 80.3 cm³/mol. The molecule has 0 spiro atoms. The summed E-state index contributed by atoms with van der Waals surface area (Å²) >= 11 is 5.66. The number of carbonyl (C=O) groups is 1. The van der Waals surface area contributed by atoms with E-state index in [1.807, 2.05) is 23.1 Å². The van der Waals surface area contributed by atoms with E-state index in [-0.39, 0.29) is 5.91 Å². The molecule has 0 unspecified atom stereocenters. The highest BCUT2D eigenvalue weighted by Crippen LogP contribution is 2.19. The van der Waals surface area contributed by atoms with Crippen molar-refractivity contribution in [1.29, 1.82) is 0 Å². The molecule has 1 saturated heterocycles. The number of carbonyl (C=O) groups excluding carboxylic acids is 1. The molecule has 0 radical (unpaired) electrons. The van der Waals surface area contributed by atoms with Gasteiger partial charge < -0.3 is 9.80 Å². The van der Waals surface area contributed by atoms with Gasteiger partial charge in [-0.2, -0.15) is 0 Å². The fourth-order valence-corrected chi connectivity index (χ4v) is 3.46. The van der Waals surface area contributed by atoms with Gasteiger partial charge in [-0.3, -0.25) is 4.79 Å². The molecule has 3 nitrogen and oxygen atoms in total. The van der Waals surface area contributed by atoms with Crippen molar-refractivity contribution in [2.45, 2.75) is 0 Å². The standard InChI is InChI=1S/C12H14BrIN2O/c1-15-2-4-16(5-3-15)12(17)9-6-10(13)8-11(14)7-9/h6-8H,2-5H2,1H3. The molecular weight excluding hydrogens is 395 g/mol. The van der Waals surface area contributed by atoms with Gasteiger partial charge in [0, 0.05) is 39.8 Å². The van der Waals surface area contributed by atoms with Crippen molar-refractivity contribution in [2.75, 3.05) is 33.2 Å². The third-order valence-corrected chi connectivity index (χ3v) is 3.98. The molecule has 0 atom stereocenters. The zero-order chi connectivity index (χ0) is 12.4. The van der Waals surface area contributed by atoms with Crippen molar-refractivity contribution < 1.29 is 4.79 Å². The third kappa shape index (κ3) is 3.42. The summed E-state index contributed by atoms with van der Waals surface area (Å²) in [5.41, 5.74) is 0.772. The van der Waals surface area contributed by atoms with Crippen molar-refractivity contribution in [1.82, 2.24) is 9.80 Å². The predicted octanol–water partition coefficient (Wildman–Crippen LogP) is 2.44. The van der Waals surface area contributed by atoms with E-state index in [0.717, 1.165) is 39.8 Å². The Hall–Kier alpha value is -0.140. The molecular formula is C12H14BrIN2O. The monoisotopic (exact) mass is 408 g/mol. The maximum absolute atomic E-state index is 12.3. The Kier molecular flexibility index (Phi) is 4.43. The number of halogens is 2. The van der Waals surface area contributed by atoms with Gasteiger partial charge in [-0.05, 0) is 47.8 Å². The maximum atomic E-state index is 12.3. The van der Waals surface area contributed by atoms with E-state index >= 15 is 0 Å². The SMILES string of the molecule is CN1CCN(C(=O)c2cc(Br)cc(I)c2)CC1. The lowest BCUT2D eigenvalue weighted by Crippen LogP contribution is -2.47. The smallest absolute Gasteiger partial charge is 0.254 e. The first-order valence-corrected chi connectivity index (χ1v) is 7.37. The first-order chi connectivity index (χ1) is 8.06. The second kappa shape index (κ2) is 5.67. The number of likely N-dealkylation sites (N-methyl/N-ethyl adjacent to an activating group) is 1. The second-order valence-electron chi connectivity index (χ2n) is 4.25. The largest absolute Gasteiger partial charge is 0.336 e. The fraction of sp³-hybridized carbons (Fsp3) is 0.417. The average molecular weight is 409 g/mol. The van der Waals surface area contributed by atoms with Crippen LogP contribution in [-0.2, 0) is 0 Å². The Balaban J connectivity index is 2.14. The molecule has 92 valence electrons. The Morgan fingerprint density at radius 2 is 1.88 bits per heavy atom. The van der Waals surface area contributed by atoms with E-state index in [1.54, 1.807) is 0 Å². The lowest BCUT2D eigenvalue weighted by atomic mass is 10.2. The molecule has 0 saturated carbocycles. The highest BCUT2D eigenvalue weighted by Gasteiger charge is 2.20. The van der Waals surface area contributed by atoms with E-state index in [9.17, 15) is 4.79 Å². The van der Waals surface area contributed by atoms with E-state index in [0.29, 0.717) is 0 Å². The van der Waals surface area contributed by atoms with Crippen LogP contribution in [0.3, 0.4) is 0 Å². The van der Waals surface area contributed by atoms with Crippen LogP contribution in [0.4, 0.5) is 0 Å². The lowest BCUT2D eigenvalue weighted by molar-refractivity contribution is 0.0664. The van der Waals surface area contributed by atoms with Gasteiger partial charge in [0.2, 0.25) is 0 Å². The van der Waals surface area contributed by atoms with Crippen LogP contribution in [0.2, 0.25) is 0 Å². The first-order valence-electron chi connectivity index (χ1n) is 5.50. The van der Waals surface area contributed by atoms with Gasteiger partial charge in [0.25, 0.3) is 5.91 Å². The Bertz CT molecular complexity index is 410. The van der Waals surface area contributed by atoms with Gasteiger partial charge in [-0.1, -0.05) is 15.9 Å². The molecule has 1 fully saturated rings. The number of hydrogen-bond donors (Lipinski definition) is 0. The minimum atomic E-state index is 0.136. The maximum Gasteiger partial charge on any atom is 0.254 e. The molecule has 0 aromatic heterocycles. The van der Waals surface area contributed by atoms with Crippen LogP contribution in [0.25, 0.3) is 0 Å². The van der Waals surface area contributed by atoms with Crippen LogP contribution in [0.5, 0.6) is 0 Å². The van der Waals surface area contributed by atoms with Crippen LogP contribution in [0.1, 0.15) is 10.4 Å². The Labute approximate surface area is 123 Å². The summed E-state index contributed by atoms with van der Waals surface area (Å²) in [5.74, 6) is 0.136. The molecule has 1 aliphatic heterocycles. The summed E-state index contributed by atoms with van der Waals surface area (Å²) in [4.78, 5) is 16.5. The summed E-state index contributed by atoms with van der Waals surface area (Å²) in [7, 11) is 2.09. The summed E-state index contributed by atoms with van der Waals surface area (Å²) < 4.78 is 2.04. The van der Waals surface area contributed by atoms with Crippen molar-refractivity contribution in [3.63, 3.8) is 0 Å². The van der Waals surface area contributed by atoms with Crippen molar-refractivity contribution in [3.8, 4) is 0 Å². The Morgan fingerprint density at radius 1 is 1.24 bits per heavy atom. The van der Waals surface area contributed by atoms with Crippen LogP contribution >= 0.6 is 38.5 Å². The minimum Gasteiger partial charge on any atom is -0.336 e. The quantitative estimate of drug-likeness (QED) is 0.666. The molecule has 0 bridgehead atoms. The molecule has 1 aliphatic rings. The molecule has 2 rings (SSSR count). The van der Waals surface area contributed by atoms with Gasteiger partial charge in [-0.25, -0.2) is 0 Å². The number of nitrogens with zero attached hydrogens (tertiary/aromatic N) is 2. The van der Waals surface area contributed by atoms with Crippen molar-refractivity contribution >= 4 is 44.4 Å². The number of benzene rings is 1. The van der Waals surface area contributed by atoms with Crippen LogP contribution < -0.4 is 0 Å². The summed E-state index contributed by atoms with van der Waals surface area (Å²) in [5, 5.41) is 0. The lowest BCUT2D eigenvalue weighted by Gasteiger charge is -2.32. The molecule has 0 aliphatic carbocycles. The summed E-state index contributed by atoms with van der Waals surface area (Å²) in [6.07, 6.45) is 0. The van der Waals surface area contributed by atoms with Crippen molar-refractivity contribution in [2.24, 2.45) is 0 Å². The number of piperazine rings is 1. The average Bonchev–Trinajstić information content (AvgIpc) is 2.28. The van der Waals surface area contributed by atoms with Crippen molar-refractivity contribution in [3.05, 3.63) is 31.8 Å². The molecule has 1 amide bonds. The zero-order valence-corrected chi connectivity index (χ0v) is 13.4. The second-order valence-corrected chi connectivity index (χ2v) is 6.41.